The third-order valence-electron chi connectivity index (χ3n) is 8.24. The van der Waals surface area contributed by atoms with Gasteiger partial charge in [0, 0.05) is 0 Å². The highest BCUT2D eigenvalue weighted by Gasteiger charge is 2.48. The number of hydrogen-bond donors (Lipinski definition) is 1. The zero-order valence-electron chi connectivity index (χ0n) is 18.2. The Morgan fingerprint density at radius 1 is 0.731 bits per heavy atom. The first-order valence-corrected chi connectivity index (χ1v) is 11.5. The smallest absolute Gasteiger partial charge is 0.0686 e. The Morgan fingerprint density at radius 3 is 1.58 bits per heavy atom. The molecule has 0 aliphatic heterocycles. The molecular weight excluding hydrogens is 320 g/mol. The van der Waals surface area contributed by atoms with Crippen LogP contribution >= 0.6 is 0 Å². The molecule has 6 saturated carbocycles. The molecule has 152 valence electrons. The zero-order chi connectivity index (χ0) is 19.1. The van der Waals surface area contributed by atoms with Crippen LogP contribution in [0.4, 0.5) is 0 Å². The van der Waals surface area contributed by atoms with E-state index >= 15 is 0 Å². The number of ether oxygens (including phenoxy) is 1. The number of aliphatic hydroxyl groups is 1. The van der Waals surface area contributed by atoms with E-state index in [1.165, 1.54) is 64.2 Å². The van der Waals surface area contributed by atoms with Gasteiger partial charge in [0.25, 0.3) is 0 Å². The van der Waals surface area contributed by atoms with Gasteiger partial charge in [-0.05, 0) is 114 Å². The highest BCUT2D eigenvalue weighted by molar-refractivity contribution is 5.00. The third kappa shape index (κ3) is 4.66. The summed E-state index contributed by atoms with van der Waals surface area (Å²) in [6, 6.07) is 0. The molecule has 4 bridgehead atoms. The minimum Gasteiger partial charge on any atom is -0.390 e. The molecule has 2 nitrogen and oxygen atoms in total. The van der Waals surface area contributed by atoms with Crippen LogP contribution in [0, 0.1) is 16.7 Å². The molecule has 0 aromatic carbocycles. The first-order valence-electron chi connectivity index (χ1n) is 11.5. The molecule has 1 N–H and O–H groups in total. The Morgan fingerprint density at radius 2 is 1.19 bits per heavy atom. The van der Waals surface area contributed by atoms with Crippen LogP contribution in [0.2, 0.25) is 0 Å². The average molecular weight is 365 g/mol. The summed E-state index contributed by atoms with van der Waals surface area (Å²) >= 11 is 0. The van der Waals surface area contributed by atoms with Crippen LogP contribution < -0.4 is 0 Å². The lowest BCUT2D eigenvalue weighted by molar-refractivity contribution is -0.153. The fourth-order valence-electron chi connectivity index (χ4n) is 6.43. The van der Waals surface area contributed by atoms with Crippen LogP contribution in [0.3, 0.4) is 0 Å². The minimum atomic E-state index is -0.251. The van der Waals surface area contributed by atoms with E-state index in [1.54, 1.807) is 0 Å². The Kier molecular flexibility index (Phi) is 5.87. The fraction of sp³-hybridized carbons (Fsp3) is 1.00. The van der Waals surface area contributed by atoms with Gasteiger partial charge in [-0.1, -0.05) is 20.8 Å². The maximum absolute atomic E-state index is 10.1. The van der Waals surface area contributed by atoms with E-state index in [2.05, 4.69) is 34.6 Å². The van der Waals surface area contributed by atoms with Crippen LogP contribution in [-0.2, 0) is 4.74 Å². The van der Waals surface area contributed by atoms with Gasteiger partial charge >= 0.3 is 0 Å². The molecule has 0 heterocycles. The highest BCUT2D eigenvalue weighted by atomic mass is 16.5. The summed E-state index contributed by atoms with van der Waals surface area (Å²) in [7, 11) is 0. The van der Waals surface area contributed by atoms with Crippen molar-refractivity contribution < 1.29 is 9.84 Å². The summed E-state index contributed by atoms with van der Waals surface area (Å²) in [5.74, 6) is 0.823. The molecule has 26 heavy (non-hydrogen) atoms. The predicted octanol–water partition coefficient (Wildman–Crippen LogP) is 6.64. The van der Waals surface area contributed by atoms with Gasteiger partial charge in [-0.3, -0.25) is 0 Å². The van der Waals surface area contributed by atoms with Crippen molar-refractivity contribution in [2.24, 2.45) is 16.7 Å². The second kappa shape index (κ2) is 7.39. The average Bonchev–Trinajstić information content (AvgIpc) is 2.57. The van der Waals surface area contributed by atoms with Crippen molar-refractivity contribution in [3.05, 3.63) is 0 Å². The van der Waals surface area contributed by atoms with Gasteiger partial charge in [-0.2, -0.15) is 0 Å². The van der Waals surface area contributed by atoms with Crippen molar-refractivity contribution in [1.82, 2.24) is 0 Å². The lowest BCUT2D eigenvalue weighted by Gasteiger charge is -2.52. The molecule has 0 aromatic heterocycles. The highest BCUT2D eigenvalue weighted by Crippen LogP contribution is 2.55. The summed E-state index contributed by atoms with van der Waals surface area (Å²) in [5, 5.41) is 10.1. The summed E-state index contributed by atoms with van der Waals surface area (Å²) < 4.78 is 6.11. The lowest BCUT2D eigenvalue weighted by atomic mass is 9.56. The van der Waals surface area contributed by atoms with Gasteiger partial charge in [0.15, 0.2) is 0 Å². The van der Waals surface area contributed by atoms with E-state index in [0.717, 1.165) is 25.2 Å². The molecule has 6 aliphatic rings. The first-order chi connectivity index (χ1) is 12.1. The summed E-state index contributed by atoms with van der Waals surface area (Å²) in [6.45, 7) is 11.4. The van der Waals surface area contributed by atoms with Crippen LogP contribution in [0.1, 0.15) is 118 Å². The number of rotatable bonds is 4. The van der Waals surface area contributed by atoms with E-state index in [4.69, 9.17) is 4.74 Å². The normalized spacial score (nSPS) is 44.3. The first kappa shape index (κ1) is 20.6. The van der Waals surface area contributed by atoms with Crippen molar-refractivity contribution in [1.29, 1.82) is 0 Å². The monoisotopic (exact) mass is 364 g/mol. The topological polar surface area (TPSA) is 29.5 Å². The van der Waals surface area contributed by atoms with E-state index in [0.29, 0.717) is 16.9 Å². The van der Waals surface area contributed by atoms with Crippen LogP contribution in [-0.4, -0.2) is 22.4 Å². The summed E-state index contributed by atoms with van der Waals surface area (Å²) in [6.07, 6.45) is 16.9. The summed E-state index contributed by atoms with van der Waals surface area (Å²) in [4.78, 5) is 0. The van der Waals surface area contributed by atoms with Crippen LogP contribution in [0.25, 0.3) is 0 Å². The van der Waals surface area contributed by atoms with Gasteiger partial charge < -0.3 is 9.84 Å². The van der Waals surface area contributed by atoms with E-state index in [-0.39, 0.29) is 11.2 Å². The van der Waals surface area contributed by atoms with Gasteiger partial charge in [-0.15, -0.1) is 0 Å². The Labute approximate surface area is 162 Å². The SMILES string of the molecule is CC(C)CC12CCC(O)(CC1)CC2.CC(C)OC12CCC(C)(CC1)CC2. The Balaban J connectivity index is 0.000000151. The van der Waals surface area contributed by atoms with Gasteiger partial charge in [0.1, 0.15) is 0 Å². The van der Waals surface area contributed by atoms with Crippen molar-refractivity contribution in [2.45, 2.75) is 135 Å². The van der Waals surface area contributed by atoms with Crippen molar-refractivity contribution >= 4 is 0 Å². The molecule has 0 spiro atoms. The maximum Gasteiger partial charge on any atom is 0.0686 e. The van der Waals surface area contributed by atoms with Gasteiger partial charge in [-0.25, -0.2) is 0 Å². The molecule has 0 atom stereocenters. The largest absolute Gasteiger partial charge is 0.390 e. The van der Waals surface area contributed by atoms with Crippen LogP contribution in [0.5, 0.6) is 0 Å². The Hall–Kier alpha value is -0.0800. The van der Waals surface area contributed by atoms with E-state index in [9.17, 15) is 5.11 Å². The Bertz CT molecular complexity index is 386. The zero-order valence-corrected chi connectivity index (χ0v) is 18.2. The van der Waals surface area contributed by atoms with Crippen molar-refractivity contribution in [3.8, 4) is 0 Å². The second-order valence-corrected chi connectivity index (χ2v) is 11.5. The van der Waals surface area contributed by atoms with Crippen molar-refractivity contribution in [2.75, 3.05) is 0 Å². The molecule has 0 aromatic rings. The molecule has 2 heteroatoms. The standard InChI is InChI=1S/2C12H22O/c1-10(2)13-12-7-4-11(3,5-8-12)6-9-12;1-10(2)9-11-3-6-12(13,7-4-11)8-5-11/h10H,4-9H2,1-3H3;10,13H,3-9H2,1-2H3. The third-order valence-corrected chi connectivity index (χ3v) is 8.24. The minimum absolute atomic E-state index is 0.251. The maximum atomic E-state index is 10.1. The lowest BCUT2D eigenvalue weighted by Crippen LogP contribution is -2.47. The molecule has 6 fully saturated rings. The molecule has 0 unspecified atom stereocenters. The molecular formula is C24H44O2. The molecule has 0 amide bonds. The van der Waals surface area contributed by atoms with Crippen molar-refractivity contribution in [3.63, 3.8) is 0 Å². The predicted molar refractivity (Wildman–Crippen MR) is 109 cm³/mol. The number of fused-ring (bicyclic) bond motifs is 6. The molecule has 0 saturated heterocycles. The fourth-order valence-corrected chi connectivity index (χ4v) is 6.43. The van der Waals surface area contributed by atoms with Gasteiger partial charge in [0.2, 0.25) is 0 Å². The molecule has 6 rings (SSSR count). The second-order valence-electron chi connectivity index (χ2n) is 11.5. The number of hydrogen-bond acceptors (Lipinski definition) is 2. The molecule has 6 aliphatic carbocycles. The molecule has 0 radical (unpaired) electrons. The van der Waals surface area contributed by atoms with E-state index < -0.39 is 0 Å². The quantitative estimate of drug-likeness (QED) is 0.605. The summed E-state index contributed by atoms with van der Waals surface area (Å²) in [5.41, 5.74) is 1.32. The van der Waals surface area contributed by atoms with Crippen LogP contribution in [0.15, 0.2) is 0 Å². The van der Waals surface area contributed by atoms with Gasteiger partial charge in [0.05, 0.1) is 17.3 Å². The van der Waals surface area contributed by atoms with E-state index in [1.807, 2.05) is 0 Å².